The largest absolute Gasteiger partial charge is 0.307 e. The maximum absolute atomic E-state index is 13.8. The number of carbonyl (C=O) groups is 1. The third-order valence-electron chi connectivity index (χ3n) is 3.05. The molecule has 18 heavy (non-hydrogen) atoms. The highest BCUT2D eigenvalue weighted by Crippen LogP contribution is 2.32. The molecule has 1 fully saturated rings. The Bertz CT molecular complexity index is 432. The molecule has 1 unspecified atom stereocenters. The van der Waals surface area contributed by atoms with Gasteiger partial charge in [-0.15, -0.1) is 0 Å². The monoisotopic (exact) mass is 314 g/mol. The van der Waals surface area contributed by atoms with Crippen molar-refractivity contribution in [3.8, 4) is 0 Å². The van der Waals surface area contributed by atoms with Gasteiger partial charge in [-0.1, -0.05) is 13.0 Å². The van der Waals surface area contributed by atoms with Gasteiger partial charge in [-0.2, -0.15) is 0 Å². The summed E-state index contributed by atoms with van der Waals surface area (Å²) in [4.78, 5) is 13.7. The van der Waals surface area contributed by atoms with Crippen LogP contribution in [0.2, 0.25) is 0 Å². The molecule has 0 aliphatic carbocycles. The van der Waals surface area contributed by atoms with Gasteiger partial charge in [0.1, 0.15) is 5.82 Å². The Morgan fingerprint density at radius 3 is 3.00 bits per heavy atom. The lowest BCUT2D eigenvalue weighted by Gasteiger charge is -2.19. The third kappa shape index (κ3) is 2.57. The summed E-state index contributed by atoms with van der Waals surface area (Å²) in [5.41, 5.74) is 0.350. The number of amides is 1. The normalized spacial score (nSPS) is 19.6. The number of anilines is 1. The summed E-state index contributed by atoms with van der Waals surface area (Å²) in [6.07, 6.45) is 1.70. The van der Waals surface area contributed by atoms with Crippen LogP contribution >= 0.6 is 15.9 Å². The Morgan fingerprint density at radius 2 is 2.33 bits per heavy atom. The molecule has 1 amide bonds. The lowest BCUT2D eigenvalue weighted by molar-refractivity contribution is -0.118. The highest BCUT2D eigenvalue weighted by molar-refractivity contribution is 9.10. The summed E-state index contributed by atoms with van der Waals surface area (Å²) >= 11 is 3.30. The number of hydrogen-bond donors (Lipinski definition) is 1. The van der Waals surface area contributed by atoms with Crippen molar-refractivity contribution in [3.05, 3.63) is 28.5 Å². The first-order chi connectivity index (χ1) is 8.65. The first-order valence-electron chi connectivity index (χ1n) is 6.14. The molecule has 0 aromatic heterocycles. The van der Waals surface area contributed by atoms with Crippen LogP contribution in [0.5, 0.6) is 0 Å². The van der Waals surface area contributed by atoms with Crippen molar-refractivity contribution >= 4 is 27.5 Å². The van der Waals surface area contributed by atoms with E-state index < -0.39 is 0 Å². The lowest BCUT2D eigenvalue weighted by Crippen LogP contribution is -2.39. The van der Waals surface area contributed by atoms with Crippen LogP contribution in [0.3, 0.4) is 0 Å². The van der Waals surface area contributed by atoms with E-state index in [2.05, 4.69) is 28.2 Å². The van der Waals surface area contributed by atoms with E-state index in [9.17, 15) is 9.18 Å². The van der Waals surface area contributed by atoms with Gasteiger partial charge in [-0.05, 0) is 47.4 Å². The molecule has 1 aliphatic heterocycles. The molecule has 1 aliphatic rings. The molecule has 0 radical (unpaired) electrons. The molecule has 0 bridgehead atoms. The van der Waals surface area contributed by atoms with Gasteiger partial charge < -0.3 is 10.2 Å². The van der Waals surface area contributed by atoms with Crippen LogP contribution in [0.4, 0.5) is 10.1 Å². The number of nitrogens with one attached hydrogen (secondary N) is 1. The van der Waals surface area contributed by atoms with E-state index in [1.165, 1.54) is 11.0 Å². The van der Waals surface area contributed by atoms with Crippen LogP contribution < -0.4 is 10.2 Å². The van der Waals surface area contributed by atoms with Crippen molar-refractivity contribution < 1.29 is 9.18 Å². The number of halogens is 2. The second-order valence-corrected chi connectivity index (χ2v) is 5.21. The number of carbonyl (C=O) groups excluding carboxylic acids is 1. The molecule has 2 rings (SSSR count). The summed E-state index contributed by atoms with van der Waals surface area (Å²) in [6.45, 7) is 3.42. The second-order valence-electron chi connectivity index (χ2n) is 4.36. The van der Waals surface area contributed by atoms with Crippen molar-refractivity contribution in [2.45, 2.75) is 25.8 Å². The molecule has 1 aromatic carbocycles. The van der Waals surface area contributed by atoms with Gasteiger partial charge in [0.05, 0.1) is 11.7 Å². The zero-order valence-electron chi connectivity index (χ0n) is 10.2. The van der Waals surface area contributed by atoms with Gasteiger partial charge in [0.25, 0.3) is 0 Å². The predicted octanol–water partition coefficient (Wildman–Crippen LogP) is 2.69. The molecule has 98 valence electrons. The van der Waals surface area contributed by atoms with E-state index >= 15 is 0 Å². The number of nitrogens with zero attached hydrogens (tertiary/aromatic N) is 1. The maximum Gasteiger partial charge on any atom is 0.244 e. The second kappa shape index (κ2) is 5.80. The van der Waals surface area contributed by atoms with E-state index in [0.717, 1.165) is 19.4 Å². The first kappa shape index (κ1) is 13.5. The van der Waals surface area contributed by atoms with Crippen molar-refractivity contribution in [2.24, 2.45) is 0 Å². The molecule has 0 spiro atoms. The number of benzene rings is 1. The standard InChI is InChI=1S/C13H16BrFN2O/c1-2-7-16-11-6-8-17(13(11)18)12-9(14)4-3-5-10(12)15/h3-5,11,16H,2,6-8H2,1H3. The fraction of sp³-hybridized carbons (Fsp3) is 0.462. The first-order valence-corrected chi connectivity index (χ1v) is 6.93. The van der Waals surface area contributed by atoms with Crippen LogP contribution in [0.15, 0.2) is 22.7 Å². The average Bonchev–Trinajstić information content (AvgIpc) is 2.69. The fourth-order valence-corrected chi connectivity index (χ4v) is 2.71. The Kier molecular flexibility index (Phi) is 4.35. The van der Waals surface area contributed by atoms with E-state index in [-0.39, 0.29) is 17.8 Å². The van der Waals surface area contributed by atoms with Crippen molar-refractivity contribution in [1.82, 2.24) is 5.32 Å². The van der Waals surface area contributed by atoms with Crippen LogP contribution in [-0.4, -0.2) is 25.0 Å². The maximum atomic E-state index is 13.8. The van der Waals surface area contributed by atoms with Gasteiger partial charge in [-0.25, -0.2) is 4.39 Å². The number of rotatable bonds is 4. The van der Waals surface area contributed by atoms with Crippen LogP contribution in [-0.2, 0) is 4.79 Å². The van der Waals surface area contributed by atoms with Gasteiger partial charge in [0.2, 0.25) is 5.91 Å². The van der Waals surface area contributed by atoms with E-state index in [1.807, 2.05) is 0 Å². The molecule has 1 heterocycles. The summed E-state index contributed by atoms with van der Waals surface area (Å²) in [7, 11) is 0. The van der Waals surface area contributed by atoms with E-state index in [0.29, 0.717) is 16.7 Å². The van der Waals surface area contributed by atoms with Gasteiger partial charge in [0, 0.05) is 11.0 Å². The van der Waals surface area contributed by atoms with Crippen LogP contribution in [0.1, 0.15) is 19.8 Å². The number of hydrogen-bond acceptors (Lipinski definition) is 2. The van der Waals surface area contributed by atoms with Crippen LogP contribution in [0, 0.1) is 5.82 Å². The third-order valence-corrected chi connectivity index (χ3v) is 3.69. The molecular formula is C13H16BrFN2O. The van der Waals surface area contributed by atoms with E-state index in [1.54, 1.807) is 12.1 Å². The fourth-order valence-electron chi connectivity index (χ4n) is 2.16. The van der Waals surface area contributed by atoms with E-state index in [4.69, 9.17) is 0 Å². The van der Waals surface area contributed by atoms with Gasteiger partial charge >= 0.3 is 0 Å². The highest BCUT2D eigenvalue weighted by atomic mass is 79.9. The lowest BCUT2D eigenvalue weighted by atomic mass is 10.2. The molecule has 1 aromatic rings. The molecule has 0 saturated carbocycles. The van der Waals surface area contributed by atoms with Gasteiger partial charge in [-0.3, -0.25) is 4.79 Å². The Labute approximate surface area is 114 Å². The Morgan fingerprint density at radius 1 is 1.56 bits per heavy atom. The average molecular weight is 315 g/mol. The number of para-hydroxylation sites is 1. The molecule has 3 nitrogen and oxygen atoms in total. The molecular weight excluding hydrogens is 299 g/mol. The zero-order chi connectivity index (χ0) is 13.1. The van der Waals surface area contributed by atoms with Crippen molar-refractivity contribution in [3.63, 3.8) is 0 Å². The van der Waals surface area contributed by atoms with Crippen molar-refractivity contribution in [1.29, 1.82) is 0 Å². The highest BCUT2D eigenvalue weighted by Gasteiger charge is 2.34. The summed E-state index contributed by atoms with van der Waals surface area (Å²) < 4.78 is 14.4. The molecule has 1 saturated heterocycles. The minimum atomic E-state index is -0.367. The Balaban J connectivity index is 2.18. The SMILES string of the molecule is CCCNC1CCN(c2c(F)cccc2Br)C1=O. The zero-order valence-corrected chi connectivity index (χ0v) is 11.8. The molecule has 1 N–H and O–H groups in total. The van der Waals surface area contributed by atoms with Crippen LogP contribution in [0.25, 0.3) is 0 Å². The molecule has 5 heteroatoms. The minimum absolute atomic E-state index is 0.0470. The summed E-state index contributed by atoms with van der Waals surface area (Å²) in [6, 6.07) is 4.56. The smallest absolute Gasteiger partial charge is 0.244 e. The topological polar surface area (TPSA) is 32.3 Å². The summed E-state index contributed by atoms with van der Waals surface area (Å²) in [5.74, 6) is -0.414. The molecule has 1 atom stereocenters. The van der Waals surface area contributed by atoms with Crippen molar-refractivity contribution in [2.75, 3.05) is 18.0 Å². The quantitative estimate of drug-likeness (QED) is 0.926. The predicted molar refractivity (Wildman–Crippen MR) is 73.2 cm³/mol. The minimum Gasteiger partial charge on any atom is -0.307 e. The van der Waals surface area contributed by atoms with Gasteiger partial charge in [0.15, 0.2) is 0 Å². The Hall–Kier alpha value is -0.940. The summed E-state index contributed by atoms with van der Waals surface area (Å²) in [5, 5.41) is 3.19.